The first-order valence-electron chi connectivity index (χ1n) is 8.83. The van der Waals surface area contributed by atoms with Crippen LogP contribution in [-0.2, 0) is 24.1 Å². The number of imidazole rings is 1. The van der Waals surface area contributed by atoms with Crippen LogP contribution in [-0.4, -0.2) is 26.9 Å². The third-order valence-corrected chi connectivity index (χ3v) is 4.92. The van der Waals surface area contributed by atoms with Gasteiger partial charge in [-0.3, -0.25) is 4.79 Å². The number of carbonyl (C=O) groups is 1. The first-order valence-corrected chi connectivity index (χ1v) is 8.83. The van der Waals surface area contributed by atoms with Crippen molar-refractivity contribution < 1.29 is 18.0 Å². The molecule has 0 radical (unpaired) electrons. The van der Waals surface area contributed by atoms with Crippen LogP contribution >= 0.6 is 0 Å². The van der Waals surface area contributed by atoms with Crippen LogP contribution in [0.3, 0.4) is 0 Å². The van der Waals surface area contributed by atoms with Crippen molar-refractivity contribution in [3.8, 4) is 0 Å². The van der Waals surface area contributed by atoms with E-state index in [1.54, 1.807) is 17.3 Å². The Morgan fingerprint density at radius 1 is 1.27 bits per heavy atom. The Morgan fingerprint density at radius 3 is 2.50 bits per heavy atom. The molecule has 0 unspecified atom stereocenters. The maximum atomic E-state index is 12.7. The Hall–Kier alpha value is -2.31. The van der Waals surface area contributed by atoms with E-state index in [1.165, 1.54) is 12.1 Å². The molecule has 1 amide bonds. The second kappa shape index (κ2) is 7.51. The summed E-state index contributed by atoms with van der Waals surface area (Å²) in [6.45, 7) is 3.39. The van der Waals surface area contributed by atoms with Crippen molar-refractivity contribution in [3.05, 3.63) is 53.6 Å². The fourth-order valence-electron chi connectivity index (χ4n) is 3.06. The predicted octanol–water partition coefficient (Wildman–Crippen LogP) is 4.10. The van der Waals surface area contributed by atoms with Gasteiger partial charge >= 0.3 is 6.18 Å². The summed E-state index contributed by atoms with van der Waals surface area (Å²) in [5.41, 5.74) is 0.0981. The van der Waals surface area contributed by atoms with E-state index < -0.39 is 11.7 Å². The van der Waals surface area contributed by atoms with Crippen LogP contribution in [0.2, 0.25) is 0 Å². The van der Waals surface area contributed by atoms with Crippen LogP contribution in [0.15, 0.2) is 36.7 Å². The van der Waals surface area contributed by atoms with Crippen molar-refractivity contribution in [1.82, 2.24) is 14.5 Å². The maximum Gasteiger partial charge on any atom is 0.416 e. The number of amides is 1. The lowest BCUT2D eigenvalue weighted by Crippen LogP contribution is -2.38. The van der Waals surface area contributed by atoms with Gasteiger partial charge in [-0.25, -0.2) is 4.98 Å². The zero-order valence-corrected chi connectivity index (χ0v) is 14.7. The van der Waals surface area contributed by atoms with E-state index in [0.29, 0.717) is 19.6 Å². The summed E-state index contributed by atoms with van der Waals surface area (Å²) in [5.74, 6) is 1.04. The molecule has 0 aliphatic heterocycles. The van der Waals surface area contributed by atoms with E-state index in [9.17, 15) is 18.0 Å². The lowest BCUT2D eigenvalue weighted by atomic mass is 9.84. The molecular formula is C19H22F3N3O. The molecule has 1 fully saturated rings. The van der Waals surface area contributed by atoms with Crippen LogP contribution in [0.5, 0.6) is 0 Å². The number of rotatable bonds is 6. The van der Waals surface area contributed by atoms with Crippen molar-refractivity contribution >= 4 is 5.91 Å². The Labute approximate surface area is 150 Å². The zero-order chi connectivity index (χ0) is 18.7. The largest absolute Gasteiger partial charge is 0.416 e. The molecule has 1 aromatic heterocycles. The topological polar surface area (TPSA) is 38.1 Å². The Kier molecular flexibility index (Phi) is 5.34. The first-order chi connectivity index (χ1) is 12.4. The van der Waals surface area contributed by atoms with Crippen molar-refractivity contribution in [3.63, 3.8) is 0 Å². The lowest BCUT2D eigenvalue weighted by Gasteiger charge is -2.31. The van der Waals surface area contributed by atoms with Crippen molar-refractivity contribution in [1.29, 1.82) is 0 Å². The number of benzene rings is 1. The molecule has 0 atom stereocenters. The average molecular weight is 365 g/mol. The van der Waals surface area contributed by atoms with Crippen molar-refractivity contribution in [2.75, 3.05) is 6.54 Å². The molecule has 1 heterocycles. The second-order valence-corrected chi connectivity index (χ2v) is 6.65. The molecule has 0 spiro atoms. The molecule has 2 aromatic rings. The highest BCUT2D eigenvalue weighted by Crippen LogP contribution is 2.30. The van der Waals surface area contributed by atoms with Crippen molar-refractivity contribution in [2.24, 2.45) is 5.92 Å². The Bertz CT molecular complexity index is 748. The average Bonchev–Trinajstić information content (AvgIpc) is 2.97. The summed E-state index contributed by atoms with van der Waals surface area (Å²) in [6, 6.07) is 5.13. The zero-order valence-electron chi connectivity index (χ0n) is 14.7. The molecule has 0 bridgehead atoms. The number of halogens is 3. The van der Waals surface area contributed by atoms with Crippen LogP contribution in [0, 0.1) is 5.92 Å². The summed E-state index contributed by atoms with van der Waals surface area (Å²) in [4.78, 5) is 18.6. The highest BCUT2D eigenvalue weighted by molar-refractivity contribution is 5.79. The fraction of sp³-hybridized carbons (Fsp3) is 0.474. The standard InChI is InChI=1S/C19H22F3N3O/c1-2-24(18(26)15-4-3-5-15)13-17-23-10-11-25(17)12-14-6-8-16(9-7-14)19(20,21)22/h6-11,15H,2-5,12-13H2,1H3. The number of hydrogen-bond donors (Lipinski definition) is 0. The molecule has 0 saturated heterocycles. The maximum absolute atomic E-state index is 12.7. The summed E-state index contributed by atoms with van der Waals surface area (Å²) in [6.07, 6.45) is 2.12. The van der Waals surface area contributed by atoms with Crippen LogP contribution in [0.1, 0.15) is 43.1 Å². The van der Waals surface area contributed by atoms with Gasteiger partial charge in [0.2, 0.25) is 5.91 Å². The first kappa shape index (κ1) is 18.5. The van der Waals surface area contributed by atoms with Gasteiger partial charge in [0.15, 0.2) is 0 Å². The third-order valence-electron chi connectivity index (χ3n) is 4.92. The molecular weight excluding hydrogens is 343 g/mol. The molecule has 4 nitrogen and oxygen atoms in total. The predicted molar refractivity (Wildman–Crippen MR) is 91.2 cm³/mol. The van der Waals surface area contributed by atoms with Gasteiger partial charge in [0.1, 0.15) is 5.82 Å². The number of aromatic nitrogens is 2. The van der Waals surface area contributed by atoms with E-state index in [4.69, 9.17) is 0 Å². The second-order valence-electron chi connectivity index (χ2n) is 6.65. The minimum absolute atomic E-state index is 0.133. The highest BCUT2D eigenvalue weighted by atomic mass is 19.4. The molecule has 1 saturated carbocycles. The number of hydrogen-bond acceptors (Lipinski definition) is 2. The van der Waals surface area contributed by atoms with Gasteiger partial charge in [-0.2, -0.15) is 13.2 Å². The quantitative estimate of drug-likeness (QED) is 0.773. The van der Waals surface area contributed by atoms with Crippen LogP contribution < -0.4 is 0 Å². The van der Waals surface area contributed by atoms with E-state index in [0.717, 1.165) is 42.8 Å². The third kappa shape index (κ3) is 4.08. The van der Waals surface area contributed by atoms with E-state index >= 15 is 0 Å². The summed E-state index contributed by atoms with van der Waals surface area (Å²) in [5, 5.41) is 0. The number of carbonyl (C=O) groups excluding carboxylic acids is 1. The van der Waals surface area contributed by atoms with Gasteiger partial charge in [-0.15, -0.1) is 0 Å². The summed E-state index contributed by atoms with van der Waals surface area (Å²) in [7, 11) is 0. The molecule has 0 N–H and O–H groups in total. The molecule has 3 rings (SSSR count). The van der Waals surface area contributed by atoms with Crippen molar-refractivity contribution in [2.45, 2.75) is 45.5 Å². The van der Waals surface area contributed by atoms with Crippen LogP contribution in [0.4, 0.5) is 13.2 Å². The number of nitrogens with zero attached hydrogens (tertiary/aromatic N) is 3. The van der Waals surface area contributed by atoms with Gasteiger partial charge in [0, 0.05) is 31.4 Å². The smallest absolute Gasteiger partial charge is 0.335 e. The lowest BCUT2D eigenvalue weighted by molar-refractivity contribution is -0.139. The van der Waals surface area contributed by atoms with Gasteiger partial charge in [0.05, 0.1) is 12.1 Å². The monoisotopic (exact) mass is 365 g/mol. The highest BCUT2D eigenvalue weighted by Gasteiger charge is 2.30. The normalized spacial score (nSPS) is 14.9. The SMILES string of the molecule is CCN(Cc1nccn1Cc1ccc(C(F)(F)F)cc1)C(=O)C1CCC1. The van der Waals surface area contributed by atoms with E-state index in [2.05, 4.69) is 4.98 Å². The molecule has 140 valence electrons. The number of alkyl halides is 3. The minimum Gasteiger partial charge on any atom is -0.335 e. The summed E-state index contributed by atoms with van der Waals surface area (Å²) < 4.78 is 39.9. The molecule has 1 aromatic carbocycles. The molecule has 1 aliphatic carbocycles. The van der Waals surface area contributed by atoms with Gasteiger partial charge in [-0.1, -0.05) is 18.6 Å². The van der Waals surface area contributed by atoms with Gasteiger partial charge in [0.25, 0.3) is 0 Å². The molecule has 1 aliphatic rings. The minimum atomic E-state index is -4.33. The van der Waals surface area contributed by atoms with Gasteiger partial charge < -0.3 is 9.47 Å². The summed E-state index contributed by atoms with van der Waals surface area (Å²) >= 11 is 0. The Balaban J connectivity index is 1.69. The molecule has 7 heteroatoms. The van der Waals surface area contributed by atoms with E-state index in [1.807, 2.05) is 11.5 Å². The van der Waals surface area contributed by atoms with Gasteiger partial charge in [-0.05, 0) is 37.5 Å². The Morgan fingerprint density at radius 2 is 1.96 bits per heavy atom. The van der Waals surface area contributed by atoms with Crippen LogP contribution in [0.25, 0.3) is 0 Å². The molecule has 26 heavy (non-hydrogen) atoms. The van der Waals surface area contributed by atoms with E-state index in [-0.39, 0.29) is 11.8 Å². The fourth-order valence-corrected chi connectivity index (χ4v) is 3.06.